The molecule has 32 heavy (non-hydrogen) atoms. The van der Waals surface area contributed by atoms with Crippen molar-refractivity contribution in [3.63, 3.8) is 0 Å². The molecule has 2 amide bonds. The van der Waals surface area contributed by atoms with Crippen LogP contribution in [0.15, 0.2) is 42.6 Å². The van der Waals surface area contributed by atoms with Crippen LogP contribution in [0.4, 0.5) is 11.5 Å². The lowest BCUT2D eigenvalue weighted by molar-refractivity contribution is -0.384. The third-order valence-corrected chi connectivity index (χ3v) is 4.60. The Balaban J connectivity index is 1.84. The molecule has 0 saturated carbocycles. The molecule has 1 aromatic heterocycles. The molecular weight excluding hydrogens is 442 g/mol. The zero-order chi connectivity index (χ0) is 23.5. The van der Waals surface area contributed by atoms with Crippen molar-refractivity contribution in [3.05, 3.63) is 63.3 Å². The van der Waals surface area contributed by atoms with Gasteiger partial charge in [0.1, 0.15) is 10.8 Å². The van der Waals surface area contributed by atoms with Crippen molar-refractivity contribution in [1.82, 2.24) is 15.6 Å². The molecule has 0 aliphatic heterocycles. The van der Waals surface area contributed by atoms with Crippen LogP contribution in [0.1, 0.15) is 30.9 Å². The number of hydrogen-bond donors (Lipinski definition) is 4. The Bertz CT molecular complexity index is 972. The van der Waals surface area contributed by atoms with E-state index in [4.69, 9.17) is 16.7 Å². The molecule has 0 saturated heterocycles. The van der Waals surface area contributed by atoms with E-state index in [9.17, 15) is 24.5 Å². The molecule has 12 heteroatoms. The number of nitro benzene ring substituents is 1. The van der Waals surface area contributed by atoms with Gasteiger partial charge in [0, 0.05) is 25.2 Å². The standard InChI is InChI=1S/C20H22ClN5O6/c21-14-7-6-13(10-16(14)26(31)32)15(11-20(29)30)25-19(28)12-24-18(27)5-3-9-23-17-4-1-2-8-22-17/h1-2,4,6-8,10,15H,3,5,9,11-12H2,(H,22,23)(H,24,27)(H,25,28)(H,29,30). The topological polar surface area (TPSA) is 164 Å². The van der Waals surface area contributed by atoms with Crippen molar-refractivity contribution in [2.45, 2.75) is 25.3 Å². The average Bonchev–Trinajstić information content (AvgIpc) is 2.75. The number of carbonyl (C=O) groups is 3. The molecule has 11 nitrogen and oxygen atoms in total. The van der Waals surface area contributed by atoms with E-state index in [1.807, 2.05) is 6.07 Å². The molecule has 0 fully saturated rings. The van der Waals surface area contributed by atoms with Gasteiger partial charge in [-0.1, -0.05) is 23.7 Å². The number of aliphatic carboxylic acids is 1. The highest BCUT2D eigenvalue weighted by Crippen LogP contribution is 2.28. The van der Waals surface area contributed by atoms with E-state index in [0.717, 1.165) is 6.07 Å². The highest BCUT2D eigenvalue weighted by molar-refractivity contribution is 6.32. The van der Waals surface area contributed by atoms with E-state index in [2.05, 4.69) is 20.9 Å². The van der Waals surface area contributed by atoms with Gasteiger partial charge in [-0.05, 0) is 30.2 Å². The smallest absolute Gasteiger partial charge is 0.305 e. The van der Waals surface area contributed by atoms with Crippen molar-refractivity contribution < 1.29 is 24.4 Å². The van der Waals surface area contributed by atoms with Gasteiger partial charge in [0.15, 0.2) is 0 Å². The number of halogens is 1. The molecule has 0 spiro atoms. The Morgan fingerprint density at radius 1 is 1.19 bits per heavy atom. The average molecular weight is 464 g/mol. The number of hydrogen-bond acceptors (Lipinski definition) is 7. The number of anilines is 1. The van der Waals surface area contributed by atoms with Gasteiger partial charge in [0.05, 0.1) is 23.9 Å². The molecule has 1 aromatic carbocycles. The minimum Gasteiger partial charge on any atom is -0.481 e. The van der Waals surface area contributed by atoms with Gasteiger partial charge in [-0.2, -0.15) is 0 Å². The maximum atomic E-state index is 12.2. The number of carboxylic acid groups (broad SMARTS) is 1. The predicted molar refractivity (Wildman–Crippen MR) is 116 cm³/mol. The normalized spacial score (nSPS) is 11.3. The Morgan fingerprint density at radius 2 is 1.97 bits per heavy atom. The number of amides is 2. The number of aromatic nitrogens is 1. The number of rotatable bonds is 12. The number of pyridine rings is 1. The molecule has 2 rings (SSSR count). The lowest BCUT2D eigenvalue weighted by Gasteiger charge is -2.18. The van der Waals surface area contributed by atoms with Crippen LogP contribution >= 0.6 is 11.6 Å². The van der Waals surface area contributed by atoms with Crippen LogP contribution in [0.5, 0.6) is 0 Å². The Kier molecular flexibility index (Phi) is 9.36. The Labute approximate surface area is 188 Å². The van der Waals surface area contributed by atoms with Crippen LogP contribution in [0.3, 0.4) is 0 Å². The number of carboxylic acids is 1. The third kappa shape index (κ3) is 8.19. The van der Waals surface area contributed by atoms with Gasteiger partial charge in [0.2, 0.25) is 11.8 Å². The molecule has 1 heterocycles. The van der Waals surface area contributed by atoms with Crippen molar-refractivity contribution >= 4 is 40.9 Å². The molecule has 0 bridgehead atoms. The molecule has 170 valence electrons. The number of nitrogens with one attached hydrogen (secondary N) is 3. The SMILES string of the molecule is O=C(O)CC(NC(=O)CNC(=O)CCCNc1ccccn1)c1ccc(Cl)c([N+](=O)[O-])c1. The van der Waals surface area contributed by atoms with Crippen molar-refractivity contribution in [1.29, 1.82) is 0 Å². The fourth-order valence-electron chi connectivity index (χ4n) is 2.76. The van der Waals surface area contributed by atoms with Crippen molar-refractivity contribution in [3.8, 4) is 0 Å². The molecule has 2 aromatic rings. The van der Waals surface area contributed by atoms with E-state index >= 15 is 0 Å². The van der Waals surface area contributed by atoms with E-state index in [-0.39, 0.29) is 29.5 Å². The van der Waals surface area contributed by atoms with Crippen LogP contribution in [0.25, 0.3) is 0 Å². The van der Waals surface area contributed by atoms with E-state index in [1.165, 1.54) is 12.1 Å². The second-order valence-corrected chi connectivity index (χ2v) is 7.12. The maximum absolute atomic E-state index is 12.2. The molecule has 4 N–H and O–H groups in total. The summed E-state index contributed by atoms with van der Waals surface area (Å²) in [5, 5.41) is 28.1. The van der Waals surface area contributed by atoms with Crippen LogP contribution in [-0.4, -0.2) is 45.9 Å². The second-order valence-electron chi connectivity index (χ2n) is 6.71. The fourth-order valence-corrected chi connectivity index (χ4v) is 2.95. The van der Waals surface area contributed by atoms with Gasteiger partial charge in [-0.15, -0.1) is 0 Å². The van der Waals surface area contributed by atoms with Crippen molar-refractivity contribution in [2.24, 2.45) is 0 Å². The molecule has 0 aliphatic carbocycles. The largest absolute Gasteiger partial charge is 0.481 e. The Hall–Kier alpha value is -3.73. The Morgan fingerprint density at radius 3 is 2.62 bits per heavy atom. The molecular formula is C20H22ClN5O6. The second kappa shape index (κ2) is 12.2. The lowest BCUT2D eigenvalue weighted by Crippen LogP contribution is -2.39. The minimum atomic E-state index is -1.21. The summed E-state index contributed by atoms with van der Waals surface area (Å²) in [6.07, 6.45) is 1.83. The number of nitrogens with zero attached hydrogens (tertiary/aromatic N) is 2. The van der Waals surface area contributed by atoms with Crippen LogP contribution in [0, 0.1) is 10.1 Å². The molecule has 0 aliphatic rings. The first-order chi connectivity index (χ1) is 15.3. The zero-order valence-corrected chi connectivity index (χ0v) is 17.7. The number of nitro groups is 1. The third-order valence-electron chi connectivity index (χ3n) is 4.28. The highest BCUT2D eigenvalue weighted by Gasteiger charge is 2.22. The summed E-state index contributed by atoms with van der Waals surface area (Å²) in [5.41, 5.74) is -0.190. The highest BCUT2D eigenvalue weighted by atomic mass is 35.5. The van der Waals surface area contributed by atoms with Gasteiger partial charge in [-0.3, -0.25) is 24.5 Å². The van der Waals surface area contributed by atoms with Crippen molar-refractivity contribution in [2.75, 3.05) is 18.4 Å². The summed E-state index contributed by atoms with van der Waals surface area (Å²) >= 11 is 5.78. The first kappa shape index (κ1) is 24.5. The minimum absolute atomic E-state index is 0.107. The fraction of sp³-hybridized carbons (Fsp3) is 0.300. The molecule has 1 unspecified atom stereocenters. The van der Waals surface area contributed by atoms with E-state index in [1.54, 1.807) is 18.3 Å². The summed E-state index contributed by atoms with van der Waals surface area (Å²) in [4.78, 5) is 49.8. The van der Waals surface area contributed by atoms with E-state index in [0.29, 0.717) is 18.8 Å². The summed E-state index contributed by atoms with van der Waals surface area (Å²) in [6, 6.07) is 8.17. The first-order valence-corrected chi connectivity index (χ1v) is 10.0. The van der Waals surface area contributed by atoms with Gasteiger partial charge in [-0.25, -0.2) is 4.98 Å². The van der Waals surface area contributed by atoms with Gasteiger partial charge in [0.25, 0.3) is 5.69 Å². The van der Waals surface area contributed by atoms with E-state index < -0.39 is 34.9 Å². The summed E-state index contributed by atoms with van der Waals surface area (Å²) in [7, 11) is 0. The molecule has 1 atom stereocenters. The molecule has 0 radical (unpaired) electrons. The zero-order valence-electron chi connectivity index (χ0n) is 16.9. The summed E-state index contributed by atoms with van der Waals surface area (Å²) < 4.78 is 0. The first-order valence-electron chi connectivity index (χ1n) is 9.63. The number of carbonyl (C=O) groups excluding carboxylic acids is 2. The quantitative estimate of drug-likeness (QED) is 0.211. The van der Waals surface area contributed by atoms with Crippen LogP contribution < -0.4 is 16.0 Å². The van der Waals surface area contributed by atoms with Crippen LogP contribution in [0.2, 0.25) is 5.02 Å². The van der Waals surface area contributed by atoms with Crippen LogP contribution in [-0.2, 0) is 14.4 Å². The monoisotopic (exact) mass is 463 g/mol. The summed E-state index contributed by atoms with van der Waals surface area (Å²) in [6.45, 7) is 0.158. The lowest BCUT2D eigenvalue weighted by atomic mass is 10.0. The maximum Gasteiger partial charge on any atom is 0.305 e. The predicted octanol–water partition coefficient (Wildman–Crippen LogP) is 2.28. The summed E-state index contributed by atoms with van der Waals surface area (Å²) in [5.74, 6) is -1.50. The number of benzene rings is 1. The van der Waals surface area contributed by atoms with Gasteiger partial charge < -0.3 is 21.1 Å². The van der Waals surface area contributed by atoms with Gasteiger partial charge >= 0.3 is 5.97 Å².